The molecule has 19 heavy (non-hydrogen) atoms. The van der Waals surface area contributed by atoms with Gasteiger partial charge in [0.05, 0.1) is 11.6 Å². The molecule has 106 valence electrons. The molecule has 3 nitrogen and oxygen atoms in total. The molecule has 0 saturated carbocycles. The standard InChI is InChI=1S/C15H24N2OS/c1-15(18)6-9-16(11-13-5-4-10-19-13)12-14(15)17-7-2-3-8-17/h4-5,10,14,18H,2-3,6-9,11-12H2,1H3. The minimum absolute atomic E-state index is 0.309. The summed E-state index contributed by atoms with van der Waals surface area (Å²) in [7, 11) is 0. The molecule has 2 fully saturated rings. The molecule has 2 aliphatic heterocycles. The Hall–Kier alpha value is -0.420. The van der Waals surface area contributed by atoms with Gasteiger partial charge >= 0.3 is 0 Å². The first-order chi connectivity index (χ1) is 9.15. The molecule has 2 aliphatic rings. The summed E-state index contributed by atoms with van der Waals surface area (Å²) in [5, 5.41) is 12.8. The van der Waals surface area contributed by atoms with Gasteiger partial charge in [0, 0.05) is 24.5 Å². The molecule has 2 saturated heterocycles. The summed E-state index contributed by atoms with van der Waals surface area (Å²) >= 11 is 1.83. The van der Waals surface area contributed by atoms with E-state index in [0.29, 0.717) is 6.04 Å². The van der Waals surface area contributed by atoms with E-state index < -0.39 is 5.60 Å². The molecule has 3 rings (SSSR count). The lowest BCUT2D eigenvalue weighted by atomic mass is 9.87. The molecule has 0 aromatic carbocycles. The van der Waals surface area contributed by atoms with Crippen molar-refractivity contribution in [3.63, 3.8) is 0 Å². The molecule has 4 heteroatoms. The quantitative estimate of drug-likeness (QED) is 0.919. The van der Waals surface area contributed by atoms with E-state index in [1.807, 2.05) is 18.3 Å². The van der Waals surface area contributed by atoms with Gasteiger partial charge in [0.25, 0.3) is 0 Å². The van der Waals surface area contributed by atoms with Crippen molar-refractivity contribution in [2.75, 3.05) is 26.2 Å². The van der Waals surface area contributed by atoms with Gasteiger partial charge in [-0.2, -0.15) is 0 Å². The maximum atomic E-state index is 10.7. The lowest BCUT2D eigenvalue weighted by Crippen LogP contribution is -2.60. The fourth-order valence-electron chi connectivity index (χ4n) is 3.41. The monoisotopic (exact) mass is 280 g/mol. The number of hydrogen-bond donors (Lipinski definition) is 1. The van der Waals surface area contributed by atoms with Gasteiger partial charge in [-0.05, 0) is 50.7 Å². The molecule has 0 bridgehead atoms. The van der Waals surface area contributed by atoms with Crippen molar-refractivity contribution in [2.45, 2.75) is 44.4 Å². The molecule has 0 amide bonds. The van der Waals surface area contributed by atoms with Crippen molar-refractivity contribution in [1.29, 1.82) is 0 Å². The van der Waals surface area contributed by atoms with Gasteiger partial charge < -0.3 is 5.11 Å². The van der Waals surface area contributed by atoms with Crippen molar-refractivity contribution < 1.29 is 5.11 Å². The number of piperidine rings is 1. The fourth-order valence-corrected chi connectivity index (χ4v) is 4.16. The van der Waals surface area contributed by atoms with Crippen LogP contribution in [0.1, 0.15) is 31.1 Å². The third kappa shape index (κ3) is 3.02. The first-order valence-electron chi connectivity index (χ1n) is 7.36. The highest BCUT2D eigenvalue weighted by Gasteiger charge is 2.41. The fraction of sp³-hybridized carbons (Fsp3) is 0.733. The molecular formula is C15H24N2OS. The van der Waals surface area contributed by atoms with Gasteiger partial charge in [0.2, 0.25) is 0 Å². The summed E-state index contributed by atoms with van der Waals surface area (Å²) in [6.45, 7) is 7.40. The predicted molar refractivity (Wildman–Crippen MR) is 79.4 cm³/mol. The van der Waals surface area contributed by atoms with E-state index in [9.17, 15) is 5.11 Å². The number of thiophene rings is 1. The lowest BCUT2D eigenvalue weighted by Gasteiger charge is -2.46. The number of aliphatic hydroxyl groups is 1. The van der Waals surface area contributed by atoms with Crippen LogP contribution in [-0.2, 0) is 6.54 Å². The van der Waals surface area contributed by atoms with E-state index in [0.717, 1.165) is 39.1 Å². The molecule has 3 heterocycles. The van der Waals surface area contributed by atoms with Crippen molar-refractivity contribution in [3.8, 4) is 0 Å². The van der Waals surface area contributed by atoms with E-state index in [-0.39, 0.29) is 0 Å². The number of likely N-dealkylation sites (tertiary alicyclic amines) is 2. The second-order valence-corrected chi connectivity index (χ2v) is 7.21. The molecule has 2 atom stereocenters. The minimum Gasteiger partial charge on any atom is -0.388 e. The molecule has 1 aromatic heterocycles. The largest absolute Gasteiger partial charge is 0.388 e. The smallest absolute Gasteiger partial charge is 0.0798 e. The van der Waals surface area contributed by atoms with Gasteiger partial charge in [-0.1, -0.05) is 6.07 Å². The molecule has 2 unspecified atom stereocenters. The SMILES string of the molecule is CC1(O)CCN(Cc2cccs2)CC1N1CCCC1. The Morgan fingerprint density at radius 2 is 2.16 bits per heavy atom. The highest BCUT2D eigenvalue weighted by molar-refractivity contribution is 7.09. The van der Waals surface area contributed by atoms with Crippen LogP contribution in [0, 0.1) is 0 Å². The Bertz CT molecular complexity index is 398. The van der Waals surface area contributed by atoms with Crippen molar-refractivity contribution in [1.82, 2.24) is 9.80 Å². The topological polar surface area (TPSA) is 26.7 Å². The third-order valence-corrected chi connectivity index (χ3v) is 5.49. The van der Waals surface area contributed by atoms with Crippen LogP contribution >= 0.6 is 11.3 Å². The summed E-state index contributed by atoms with van der Waals surface area (Å²) in [6, 6.07) is 4.64. The first-order valence-corrected chi connectivity index (χ1v) is 8.24. The molecule has 0 spiro atoms. The summed E-state index contributed by atoms with van der Waals surface area (Å²) in [6.07, 6.45) is 3.47. The van der Waals surface area contributed by atoms with Crippen LogP contribution in [0.5, 0.6) is 0 Å². The van der Waals surface area contributed by atoms with Gasteiger partial charge in [-0.15, -0.1) is 11.3 Å². The minimum atomic E-state index is -0.518. The normalized spacial score (nSPS) is 33.9. The Kier molecular flexibility index (Phi) is 3.94. The van der Waals surface area contributed by atoms with Crippen LogP contribution in [-0.4, -0.2) is 52.7 Å². The lowest BCUT2D eigenvalue weighted by molar-refractivity contribution is -0.0774. The number of rotatable bonds is 3. The average molecular weight is 280 g/mol. The van der Waals surface area contributed by atoms with Gasteiger partial charge in [0.1, 0.15) is 0 Å². The van der Waals surface area contributed by atoms with Crippen LogP contribution in [0.3, 0.4) is 0 Å². The molecular weight excluding hydrogens is 256 g/mol. The molecule has 0 radical (unpaired) electrons. The van der Waals surface area contributed by atoms with E-state index in [4.69, 9.17) is 0 Å². The zero-order chi connectivity index (χ0) is 13.3. The van der Waals surface area contributed by atoms with E-state index in [1.165, 1.54) is 17.7 Å². The van der Waals surface area contributed by atoms with Crippen LogP contribution < -0.4 is 0 Å². The van der Waals surface area contributed by atoms with E-state index in [2.05, 4.69) is 27.3 Å². The molecule has 1 N–H and O–H groups in total. The maximum absolute atomic E-state index is 10.7. The van der Waals surface area contributed by atoms with E-state index in [1.54, 1.807) is 0 Å². The summed E-state index contributed by atoms with van der Waals surface area (Å²) in [5.74, 6) is 0. The highest BCUT2D eigenvalue weighted by Crippen LogP contribution is 2.29. The van der Waals surface area contributed by atoms with Crippen molar-refractivity contribution >= 4 is 11.3 Å². The van der Waals surface area contributed by atoms with Gasteiger partial charge in [-0.25, -0.2) is 0 Å². The van der Waals surface area contributed by atoms with Crippen molar-refractivity contribution in [3.05, 3.63) is 22.4 Å². The van der Waals surface area contributed by atoms with E-state index >= 15 is 0 Å². The number of hydrogen-bond acceptors (Lipinski definition) is 4. The Morgan fingerprint density at radius 3 is 2.84 bits per heavy atom. The summed E-state index contributed by atoms with van der Waals surface area (Å²) in [5.41, 5.74) is -0.518. The number of nitrogens with zero attached hydrogens (tertiary/aromatic N) is 2. The van der Waals surface area contributed by atoms with Crippen LogP contribution in [0.4, 0.5) is 0 Å². The Balaban J connectivity index is 1.66. The first kappa shape index (κ1) is 13.6. The average Bonchev–Trinajstić information content (AvgIpc) is 3.04. The Labute approximate surface area is 119 Å². The maximum Gasteiger partial charge on any atom is 0.0798 e. The van der Waals surface area contributed by atoms with Crippen molar-refractivity contribution in [2.24, 2.45) is 0 Å². The second kappa shape index (κ2) is 5.52. The van der Waals surface area contributed by atoms with Crippen LogP contribution in [0.2, 0.25) is 0 Å². The molecule has 1 aromatic rings. The highest BCUT2D eigenvalue weighted by atomic mass is 32.1. The zero-order valence-corrected chi connectivity index (χ0v) is 12.5. The van der Waals surface area contributed by atoms with Crippen LogP contribution in [0.15, 0.2) is 17.5 Å². The van der Waals surface area contributed by atoms with Gasteiger partial charge in [-0.3, -0.25) is 9.80 Å². The van der Waals surface area contributed by atoms with Crippen LogP contribution in [0.25, 0.3) is 0 Å². The summed E-state index contributed by atoms with van der Waals surface area (Å²) < 4.78 is 0. The predicted octanol–water partition coefficient (Wildman–Crippen LogP) is 2.17. The summed E-state index contributed by atoms with van der Waals surface area (Å²) in [4.78, 5) is 6.44. The third-order valence-electron chi connectivity index (χ3n) is 4.62. The van der Waals surface area contributed by atoms with Gasteiger partial charge in [0.15, 0.2) is 0 Å². The second-order valence-electron chi connectivity index (χ2n) is 6.18. The molecule has 0 aliphatic carbocycles. The Morgan fingerprint density at radius 1 is 1.37 bits per heavy atom. The zero-order valence-electron chi connectivity index (χ0n) is 11.7.